The van der Waals surface area contributed by atoms with Gasteiger partial charge in [-0.25, -0.2) is 0 Å². The van der Waals surface area contributed by atoms with Gasteiger partial charge in [-0.2, -0.15) is 0 Å². The van der Waals surface area contributed by atoms with Gasteiger partial charge in [0.15, 0.2) is 0 Å². The van der Waals surface area contributed by atoms with Crippen molar-refractivity contribution < 1.29 is 4.74 Å². The van der Waals surface area contributed by atoms with Crippen molar-refractivity contribution in [1.82, 2.24) is 4.57 Å². The summed E-state index contributed by atoms with van der Waals surface area (Å²) in [6.45, 7) is 4.88. The lowest BCUT2D eigenvalue weighted by molar-refractivity contribution is 0.239. The van der Waals surface area contributed by atoms with Crippen molar-refractivity contribution in [2.75, 3.05) is 6.61 Å². The molecule has 0 bridgehead atoms. The van der Waals surface area contributed by atoms with E-state index in [1.54, 1.807) is 0 Å². The number of rotatable bonds is 4. The summed E-state index contributed by atoms with van der Waals surface area (Å²) in [5, 5.41) is 3.65. The summed E-state index contributed by atoms with van der Waals surface area (Å²) in [6.07, 6.45) is 1.46. The SMILES string of the molecule is C=COCCn1c2ccc(Cl)cc2c2cc(Cl)ccc21. The van der Waals surface area contributed by atoms with E-state index >= 15 is 0 Å². The molecule has 0 atom stereocenters. The molecule has 0 saturated heterocycles. The second kappa shape index (κ2) is 5.39. The maximum atomic E-state index is 6.11. The highest BCUT2D eigenvalue weighted by atomic mass is 35.5. The Labute approximate surface area is 127 Å². The second-order valence-electron chi connectivity index (χ2n) is 4.51. The number of nitrogens with zero attached hydrogens (tertiary/aromatic N) is 1. The van der Waals surface area contributed by atoms with Crippen LogP contribution in [0.4, 0.5) is 0 Å². The van der Waals surface area contributed by atoms with Crippen molar-refractivity contribution >= 4 is 45.0 Å². The van der Waals surface area contributed by atoms with Crippen LogP contribution in [-0.2, 0) is 11.3 Å². The minimum atomic E-state index is 0.577. The molecule has 0 fully saturated rings. The first-order valence-electron chi connectivity index (χ1n) is 6.30. The highest BCUT2D eigenvalue weighted by Gasteiger charge is 2.11. The van der Waals surface area contributed by atoms with Crippen molar-refractivity contribution in [1.29, 1.82) is 0 Å². The average molecular weight is 306 g/mol. The first kappa shape index (κ1) is 13.3. The molecule has 0 radical (unpaired) electrons. The number of fused-ring (bicyclic) bond motifs is 3. The minimum absolute atomic E-state index is 0.577. The van der Waals surface area contributed by atoms with Gasteiger partial charge >= 0.3 is 0 Å². The Morgan fingerprint density at radius 3 is 2.05 bits per heavy atom. The molecule has 0 N–H and O–H groups in total. The quantitative estimate of drug-likeness (QED) is 0.473. The topological polar surface area (TPSA) is 14.2 Å². The summed E-state index contributed by atoms with van der Waals surface area (Å²) in [5.41, 5.74) is 2.25. The van der Waals surface area contributed by atoms with Crippen LogP contribution < -0.4 is 0 Å². The van der Waals surface area contributed by atoms with Crippen LogP contribution in [-0.4, -0.2) is 11.2 Å². The molecule has 0 aliphatic heterocycles. The van der Waals surface area contributed by atoms with Gasteiger partial charge in [0.2, 0.25) is 0 Å². The summed E-state index contributed by atoms with van der Waals surface area (Å²) in [5.74, 6) is 0. The van der Waals surface area contributed by atoms with Crippen molar-refractivity contribution in [2.24, 2.45) is 0 Å². The molecule has 0 aliphatic carbocycles. The Hall–Kier alpha value is -1.64. The Bertz CT molecular complexity index is 733. The van der Waals surface area contributed by atoms with Crippen molar-refractivity contribution in [3.8, 4) is 0 Å². The van der Waals surface area contributed by atoms with Gasteiger partial charge in [-0.15, -0.1) is 0 Å². The van der Waals surface area contributed by atoms with Gasteiger partial charge in [-0.3, -0.25) is 0 Å². The van der Waals surface area contributed by atoms with Crippen molar-refractivity contribution in [3.63, 3.8) is 0 Å². The summed E-state index contributed by atoms with van der Waals surface area (Å²) in [6, 6.07) is 11.8. The third kappa shape index (κ3) is 2.26. The standard InChI is InChI=1S/C16H13Cl2NO/c1-2-20-8-7-19-15-5-3-11(17)9-13(15)14-10-12(18)4-6-16(14)19/h2-6,9-10H,1,7-8H2. The van der Waals surface area contributed by atoms with Gasteiger partial charge in [0.25, 0.3) is 0 Å². The van der Waals surface area contributed by atoms with E-state index in [9.17, 15) is 0 Å². The molecular formula is C16H13Cl2NO. The lowest BCUT2D eigenvalue weighted by atomic mass is 10.1. The zero-order valence-electron chi connectivity index (χ0n) is 10.8. The smallest absolute Gasteiger partial charge is 0.105 e. The van der Waals surface area contributed by atoms with E-state index in [4.69, 9.17) is 27.9 Å². The van der Waals surface area contributed by atoms with Crippen LogP contribution >= 0.6 is 23.2 Å². The Morgan fingerprint density at radius 2 is 1.55 bits per heavy atom. The van der Waals surface area contributed by atoms with E-state index in [1.165, 1.54) is 6.26 Å². The van der Waals surface area contributed by atoms with E-state index in [1.807, 2.05) is 36.4 Å². The predicted octanol–water partition coefficient (Wildman–Crippen LogP) is 5.26. The van der Waals surface area contributed by atoms with E-state index < -0.39 is 0 Å². The number of ether oxygens (including phenoxy) is 1. The van der Waals surface area contributed by atoms with Crippen LogP contribution in [0.25, 0.3) is 21.8 Å². The van der Waals surface area contributed by atoms with E-state index in [0.29, 0.717) is 6.61 Å². The third-order valence-electron chi connectivity index (χ3n) is 3.34. The Morgan fingerprint density at radius 1 is 1.00 bits per heavy atom. The van der Waals surface area contributed by atoms with Gasteiger partial charge in [0.05, 0.1) is 12.8 Å². The number of hydrogen-bond acceptors (Lipinski definition) is 1. The maximum Gasteiger partial charge on any atom is 0.105 e. The Kier molecular flexibility index (Phi) is 3.60. The fraction of sp³-hybridized carbons (Fsp3) is 0.125. The van der Waals surface area contributed by atoms with Crippen LogP contribution in [0, 0.1) is 0 Å². The molecule has 0 unspecified atom stereocenters. The Balaban J connectivity index is 2.26. The molecule has 2 nitrogen and oxygen atoms in total. The van der Waals surface area contributed by atoms with E-state index in [2.05, 4.69) is 11.1 Å². The van der Waals surface area contributed by atoms with Gasteiger partial charge in [0.1, 0.15) is 6.61 Å². The zero-order chi connectivity index (χ0) is 14.1. The van der Waals surface area contributed by atoms with Gasteiger partial charge < -0.3 is 9.30 Å². The predicted molar refractivity (Wildman–Crippen MR) is 85.6 cm³/mol. The van der Waals surface area contributed by atoms with Gasteiger partial charge in [-0.1, -0.05) is 29.8 Å². The van der Waals surface area contributed by atoms with Crippen molar-refractivity contribution in [3.05, 3.63) is 59.3 Å². The molecule has 4 heteroatoms. The summed E-state index contributed by atoms with van der Waals surface area (Å²) >= 11 is 12.2. The minimum Gasteiger partial charge on any atom is -0.500 e. The first-order valence-corrected chi connectivity index (χ1v) is 7.06. The largest absolute Gasteiger partial charge is 0.500 e. The van der Waals surface area contributed by atoms with Crippen LogP contribution in [0.2, 0.25) is 10.0 Å². The van der Waals surface area contributed by atoms with Crippen LogP contribution in [0.15, 0.2) is 49.2 Å². The van der Waals surface area contributed by atoms with Gasteiger partial charge in [0, 0.05) is 31.9 Å². The fourth-order valence-corrected chi connectivity index (χ4v) is 2.86. The normalized spacial score (nSPS) is 11.1. The van der Waals surface area contributed by atoms with E-state index in [0.717, 1.165) is 38.4 Å². The summed E-state index contributed by atoms with van der Waals surface area (Å²) < 4.78 is 7.45. The number of aromatic nitrogens is 1. The third-order valence-corrected chi connectivity index (χ3v) is 3.81. The van der Waals surface area contributed by atoms with Crippen LogP contribution in [0.1, 0.15) is 0 Å². The molecule has 1 aromatic heterocycles. The van der Waals surface area contributed by atoms with Gasteiger partial charge in [-0.05, 0) is 36.4 Å². The summed E-state index contributed by atoms with van der Waals surface area (Å²) in [4.78, 5) is 0. The molecular weight excluding hydrogens is 293 g/mol. The number of benzene rings is 2. The molecule has 102 valence electrons. The van der Waals surface area contributed by atoms with Crippen LogP contribution in [0.3, 0.4) is 0 Å². The molecule has 0 amide bonds. The molecule has 20 heavy (non-hydrogen) atoms. The van der Waals surface area contributed by atoms with Crippen LogP contribution in [0.5, 0.6) is 0 Å². The number of halogens is 2. The highest BCUT2D eigenvalue weighted by molar-refractivity contribution is 6.33. The zero-order valence-corrected chi connectivity index (χ0v) is 12.3. The average Bonchev–Trinajstić information content (AvgIpc) is 2.72. The molecule has 2 aromatic carbocycles. The molecule has 0 aliphatic rings. The lowest BCUT2D eigenvalue weighted by Gasteiger charge is -2.07. The molecule has 3 rings (SSSR count). The second-order valence-corrected chi connectivity index (χ2v) is 5.38. The summed E-state index contributed by atoms with van der Waals surface area (Å²) in [7, 11) is 0. The molecule has 1 heterocycles. The van der Waals surface area contributed by atoms with E-state index in [-0.39, 0.29) is 0 Å². The maximum absolute atomic E-state index is 6.11. The highest BCUT2D eigenvalue weighted by Crippen LogP contribution is 2.32. The molecule has 0 spiro atoms. The fourth-order valence-electron chi connectivity index (χ4n) is 2.52. The number of hydrogen-bond donors (Lipinski definition) is 0. The first-order chi connectivity index (χ1) is 9.70. The lowest BCUT2D eigenvalue weighted by Crippen LogP contribution is -2.03. The monoisotopic (exact) mass is 305 g/mol. The molecule has 3 aromatic rings. The molecule has 0 saturated carbocycles. The van der Waals surface area contributed by atoms with Crippen molar-refractivity contribution in [2.45, 2.75) is 6.54 Å².